The van der Waals surface area contributed by atoms with Gasteiger partial charge in [-0.1, -0.05) is 6.07 Å². The summed E-state index contributed by atoms with van der Waals surface area (Å²) in [6.45, 7) is 2.20. The Morgan fingerprint density at radius 2 is 2.09 bits per heavy atom. The van der Waals surface area contributed by atoms with Gasteiger partial charge in [0.15, 0.2) is 0 Å². The van der Waals surface area contributed by atoms with E-state index in [4.69, 9.17) is 0 Å². The lowest BCUT2D eigenvalue weighted by Crippen LogP contribution is -2.24. The van der Waals surface area contributed by atoms with Crippen molar-refractivity contribution in [3.63, 3.8) is 0 Å². The van der Waals surface area contributed by atoms with E-state index in [-0.39, 0.29) is 5.91 Å². The zero-order valence-corrected chi connectivity index (χ0v) is 12.0. The summed E-state index contributed by atoms with van der Waals surface area (Å²) in [5.41, 5.74) is 1.97. The SMILES string of the molecule is Cc1cnc(C(=O)NCc2ccc(-n3ccnc3)nc2)cn1. The molecule has 7 nitrogen and oxygen atoms in total. The van der Waals surface area contributed by atoms with E-state index in [9.17, 15) is 4.79 Å². The number of nitrogens with one attached hydrogen (secondary N) is 1. The molecule has 22 heavy (non-hydrogen) atoms. The first-order valence-electron chi connectivity index (χ1n) is 6.72. The number of aryl methyl sites for hydroxylation is 1. The van der Waals surface area contributed by atoms with Gasteiger partial charge in [0, 0.05) is 31.3 Å². The average molecular weight is 294 g/mol. The fourth-order valence-corrected chi connectivity index (χ4v) is 1.85. The number of pyridine rings is 1. The lowest BCUT2D eigenvalue weighted by Gasteiger charge is -2.06. The Morgan fingerprint density at radius 3 is 2.73 bits per heavy atom. The van der Waals surface area contributed by atoms with Gasteiger partial charge in [0.2, 0.25) is 0 Å². The second kappa shape index (κ2) is 6.13. The zero-order chi connectivity index (χ0) is 15.4. The van der Waals surface area contributed by atoms with E-state index in [0.29, 0.717) is 12.2 Å². The quantitative estimate of drug-likeness (QED) is 0.783. The van der Waals surface area contributed by atoms with Gasteiger partial charge < -0.3 is 5.32 Å². The minimum Gasteiger partial charge on any atom is -0.347 e. The lowest BCUT2D eigenvalue weighted by molar-refractivity contribution is 0.0945. The van der Waals surface area contributed by atoms with Gasteiger partial charge in [0.25, 0.3) is 5.91 Å². The van der Waals surface area contributed by atoms with Crippen LogP contribution in [0.5, 0.6) is 0 Å². The Kier molecular flexibility index (Phi) is 3.86. The molecule has 0 radical (unpaired) electrons. The summed E-state index contributed by atoms with van der Waals surface area (Å²) >= 11 is 0. The van der Waals surface area contributed by atoms with E-state index in [2.05, 4.69) is 25.3 Å². The van der Waals surface area contributed by atoms with Crippen LogP contribution in [-0.2, 0) is 6.54 Å². The second-order valence-corrected chi connectivity index (χ2v) is 4.72. The molecule has 3 aromatic rings. The van der Waals surface area contributed by atoms with E-state index in [1.54, 1.807) is 24.9 Å². The normalized spacial score (nSPS) is 10.4. The van der Waals surface area contributed by atoms with Crippen LogP contribution in [0, 0.1) is 6.92 Å². The van der Waals surface area contributed by atoms with E-state index in [1.807, 2.05) is 29.8 Å². The highest BCUT2D eigenvalue weighted by atomic mass is 16.1. The van der Waals surface area contributed by atoms with Crippen LogP contribution in [0.1, 0.15) is 21.7 Å². The second-order valence-electron chi connectivity index (χ2n) is 4.72. The van der Waals surface area contributed by atoms with Gasteiger partial charge in [0.05, 0.1) is 11.9 Å². The Balaban J connectivity index is 1.61. The molecule has 110 valence electrons. The molecule has 0 bridgehead atoms. The summed E-state index contributed by atoms with van der Waals surface area (Å²) in [5.74, 6) is 0.517. The molecule has 0 aliphatic carbocycles. The first-order valence-corrected chi connectivity index (χ1v) is 6.72. The molecule has 7 heteroatoms. The maximum atomic E-state index is 11.9. The number of carbonyl (C=O) groups excluding carboxylic acids is 1. The third-order valence-corrected chi connectivity index (χ3v) is 3.04. The van der Waals surface area contributed by atoms with Crippen LogP contribution >= 0.6 is 0 Å². The highest BCUT2D eigenvalue weighted by Gasteiger charge is 2.07. The van der Waals surface area contributed by atoms with Crippen LogP contribution < -0.4 is 5.32 Å². The molecule has 0 saturated heterocycles. The molecule has 3 rings (SSSR count). The third-order valence-electron chi connectivity index (χ3n) is 3.04. The number of amides is 1. The summed E-state index contributed by atoms with van der Waals surface area (Å²) in [7, 11) is 0. The molecular weight excluding hydrogens is 280 g/mol. The minimum absolute atomic E-state index is 0.258. The standard InChI is InChI=1S/C15H14N6O/c1-11-6-18-13(9-17-11)15(22)20-8-12-2-3-14(19-7-12)21-5-4-16-10-21/h2-7,9-10H,8H2,1H3,(H,20,22). The van der Waals surface area contributed by atoms with Gasteiger partial charge in [-0.3, -0.25) is 14.3 Å². The van der Waals surface area contributed by atoms with Crippen molar-refractivity contribution in [2.24, 2.45) is 0 Å². The van der Waals surface area contributed by atoms with E-state index in [0.717, 1.165) is 17.1 Å². The van der Waals surface area contributed by atoms with Crippen LogP contribution in [0.25, 0.3) is 5.82 Å². The summed E-state index contributed by atoms with van der Waals surface area (Å²) in [6.07, 6.45) is 9.94. The van der Waals surface area contributed by atoms with Crippen molar-refractivity contribution in [1.29, 1.82) is 0 Å². The van der Waals surface area contributed by atoms with Gasteiger partial charge in [-0.2, -0.15) is 0 Å². The monoisotopic (exact) mass is 294 g/mol. The lowest BCUT2D eigenvalue weighted by atomic mass is 10.2. The Labute approximate surface area is 127 Å². The van der Waals surface area contributed by atoms with Crippen LogP contribution in [-0.4, -0.2) is 30.4 Å². The van der Waals surface area contributed by atoms with Crippen molar-refractivity contribution in [2.45, 2.75) is 13.5 Å². The fraction of sp³-hybridized carbons (Fsp3) is 0.133. The van der Waals surface area contributed by atoms with Gasteiger partial charge in [0.1, 0.15) is 17.8 Å². The highest BCUT2D eigenvalue weighted by molar-refractivity contribution is 5.91. The van der Waals surface area contributed by atoms with Crippen LogP contribution in [0.15, 0.2) is 49.4 Å². The molecule has 0 aliphatic heterocycles. The van der Waals surface area contributed by atoms with Crippen molar-refractivity contribution >= 4 is 5.91 Å². The van der Waals surface area contributed by atoms with Crippen molar-refractivity contribution < 1.29 is 4.79 Å². The minimum atomic E-state index is -0.258. The van der Waals surface area contributed by atoms with Crippen LogP contribution in [0.4, 0.5) is 0 Å². The summed E-state index contributed by atoms with van der Waals surface area (Å²) in [5, 5.41) is 2.79. The predicted molar refractivity (Wildman–Crippen MR) is 79.3 cm³/mol. The molecule has 0 spiro atoms. The topological polar surface area (TPSA) is 85.6 Å². The largest absolute Gasteiger partial charge is 0.347 e. The summed E-state index contributed by atoms with van der Waals surface area (Å²) in [4.78, 5) is 28.3. The molecule has 0 aliphatic rings. The van der Waals surface area contributed by atoms with Crippen molar-refractivity contribution in [3.05, 3.63) is 66.4 Å². The number of aromatic nitrogens is 5. The number of imidazole rings is 1. The molecular formula is C15H14N6O. The molecule has 0 fully saturated rings. The molecule has 0 aromatic carbocycles. The van der Waals surface area contributed by atoms with Gasteiger partial charge in [-0.05, 0) is 18.6 Å². The summed E-state index contributed by atoms with van der Waals surface area (Å²) < 4.78 is 1.81. The van der Waals surface area contributed by atoms with Crippen LogP contribution in [0.2, 0.25) is 0 Å². The van der Waals surface area contributed by atoms with Crippen molar-refractivity contribution in [3.8, 4) is 5.82 Å². The summed E-state index contributed by atoms with van der Waals surface area (Å²) in [6, 6.07) is 3.78. The van der Waals surface area contributed by atoms with Gasteiger partial charge in [-0.25, -0.2) is 15.0 Å². The molecule has 3 aromatic heterocycles. The van der Waals surface area contributed by atoms with Gasteiger partial charge >= 0.3 is 0 Å². The first kappa shape index (κ1) is 13.9. The Morgan fingerprint density at radius 1 is 1.18 bits per heavy atom. The maximum Gasteiger partial charge on any atom is 0.271 e. The zero-order valence-electron chi connectivity index (χ0n) is 12.0. The van der Waals surface area contributed by atoms with E-state index >= 15 is 0 Å². The number of carbonyl (C=O) groups is 1. The number of hydrogen-bond acceptors (Lipinski definition) is 5. The Bertz CT molecular complexity index is 750. The molecule has 1 N–H and O–H groups in total. The molecule has 0 unspecified atom stereocenters. The number of rotatable bonds is 4. The average Bonchev–Trinajstić information content (AvgIpc) is 3.08. The number of hydrogen-bond donors (Lipinski definition) is 1. The first-order chi connectivity index (χ1) is 10.7. The smallest absolute Gasteiger partial charge is 0.271 e. The molecule has 3 heterocycles. The third kappa shape index (κ3) is 3.14. The molecule has 0 atom stereocenters. The van der Waals surface area contributed by atoms with Crippen LogP contribution in [0.3, 0.4) is 0 Å². The number of nitrogens with zero attached hydrogens (tertiary/aromatic N) is 5. The maximum absolute atomic E-state index is 11.9. The molecule has 0 saturated carbocycles. The fourth-order valence-electron chi connectivity index (χ4n) is 1.85. The van der Waals surface area contributed by atoms with E-state index < -0.39 is 0 Å². The van der Waals surface area contributed by atoms with E-state index in [1.165, 1.54) is 6.20 Å². The predicted octanol–water partition coefficient (Wildman–Crippen LogP) is 1.30. The van der Waals surface area contributed by atoms with Gasteiger partial charge in [-0.15, -0.1) is 0 Å². The Hall–Kier alpha value is -3.09. The molecule has 1 amide bonds. The van der Waals surface area contributed by atoms with Crippen molar-refractivity contribution in [2.75, 3.05) is 0 Å². The van der Waals surface area contributed by atoms with Crippen molar-refractivity contribution in [1.82, 2.24) is 29.8 Å². The highest BCUT2D eigenvalue weighted by Crippen LogP contribution is 2.05.